The number of morpholine rings is 1. The Hall–Kier alpha value is -2.48. The standard InChI is InChI=1S/C14H16N2O6/c1-8-6-15(7-9(2)22-8)13(17)10-3-11(14(18)19)5-12(4-10)16(20)21/h3-5,8-9H,6-7H2,1-2H3,(H,18,19). The molecule has 1 aromatic rings. The summed E-state index contributed by atoms with van der Waals surface area (Å²) < 4.78 is 5.53. The van der Waals surface area contributed by atoms with E-state index in [1.165, 1.54) is 4.90 Å². The van der Waals surface area contributed by atoms with Crippen LogP contribution in [0.25, 0.3) is 0 Å². The molecule has 22 heavy (non-hydrogen) atoms. The molecule has 0 bridgehead atoms. The molecule has 0 spiro atoms. The van der Waals surface area contributed by atoms with Crippen LogP contribution in [0.1, 0.15) is 34.6 Å². The number of benzene rings is 1. The van der Waals surface area contributed by atoms with Gasteiger partial charge in [-0.15, -0.1) is 0 Å². The number of non-ortho nitro benzene ring substituents is 1. The first-order valence-electron chi connectivity index (χ1n) is 6.75. The maximum Gasteiger partial charge on any atom is 0.335 e. The van der Waals surface area contributed by atoms with Gasteiger partial charge >= 0.3 is 5.97 Å². The van der Waals surface area contributed by atoms with E-state index in [2.05, 4.69) is 0 Å². The highest BCUT2D eigenvalue weighted by Crippen LogP contribution is 2.21. The summed E-state index contributed by atoms with van der Waals surface area (Å²) in [5, 5.41) is 19.9. The Morgan fingerprint density at radius 2 is 1.77 bits per heavy atom. The van der Waals surface area contributed by atoms with Gasteiger partial charge in [0.1, 0.15) is 0 Å². The fourth-order valence-corrected chi connectivity index (χ4v) is 2.49. The lowest BCUT2D eigenvalue weighted by molar-refractivity contribution is -0.384. The zero-order valence-electron chi connectivity index (χ0n) is 12.2. The van der Waals surface area contributed by atoms with E-state index in [4.69, 9.17) is 9.84 Å². The number of hydrogen-bond donors (Lipinski definition) is 1. The lowest BCUT2D eigenvalue weighted by atomic mass is 10.1. The molecule has 1 aliphatic rings. The van der Waals surface area contributed by atoms with Crippen molar-refractivity contribution in [2.45, 2.75) is 26.1 Å². The average Bonchev–Trinajstić information content (AvgIpc) is 2.44. The summed E-state index contributed by atoms with van der Waals surface area (Å²) in [7, 11) is 0. The third-order valence-corrected chi connectivity index (χ3v) is 3.33. The summed E-state index contributed by atoms with van der Waals surface area (Å²) in [6.07, 6.45) is -0.296. The summed E-state index contributed by atoms with van der Waals surface area (Å²) in [6.45, 7) is 4.36. The maximum atomic E-state index is 12.5. The highest BCUT2D eigenvalue weighted by Gasteiger charge is 2.28. The normalized spacial score (nSPS) is 21.5. The molecule has 1 aliphatic heterocycles. The van der Waals surface area contributed by atoms with Crippen molar-refractivity contribution in [3.8, 4) is 0 Å². The van der Waals surface area contributed by atoms with Crippen LogP contribution in [0.3, 0.4) is 0 Å². The minimum atomic E-state index is -1.32. The SMILES string of the molecule is CC1CN(C(=O)c2cc(C(=O)O)cc([N+](=O)[O-])c2)CC(C)O1. The van der Waals surface area contributed by atoms with E-state index in [1.54, 1.807) is 0 Å². The summed E-state index contributed by atoms with van der Waals surface area (Å²) in [4.78, 5) is 35.3. The van der Waals surface area contributed by atoms with Gasteiger partial charge in [-0.2, -0.15) is 0 Å². The predicted molar refractivity (Wildman–Crippen MR) is 76.0 cm³/mol. The first-order valence-corrected chi connectivity index (χ1v) is 6.75. The van der Waals surface area contributed by atoms with Crippen molar-refractivity contribution in [1.29, 1.82) is 0 Å². The number of carboxylic acids is 1. The lowest BCUT2D eigenvalue weighted by Gasteiger charge is -2.35. The first kappa shape index (κ1) is 15.9. The molecule has 8 heteroatoms. The topological polar surface area (TPSA) is 110 Å². The third kappa shape index (κ3) is 3.40. The maximum absolute atomic E-state index is 12.5. The lowest BCUT2D eigenvalue weighted by Crippen LogP contribution is -2.48. The number of carbonyl (C=O) groups is 2. The van der Waals surface area contributed by atoms with Crippen LogP contribution in [0.4, 0.5) is 5.69 Å². The van der Waals surface area contributed by atoms with Crippen molar-refractivity contribution < 1.29 is 24.4 Å². The monoisotopic (exact) mass is 308 g/mol. The smallest absolute Gasteiger partial charge is 0.335 e. The summed E-state index contributed by atoms with van der Waals surface area (Å²) in [5.41, 5.74) is -0.711. The van der Waals surface area contributed by atoms with Crippen LogP contribution in [0.15, 0.2) is 18.2 Å². The van der Waals surface area contributed by atoms with Crippen LogP contribution >= 0.6 is 0 Å². The minimum Gasteiger partial charge on any atom is -0.478 e. The van der Waals surface area contributed by atoms with Gasteiger partial charge in [0.2, 0.25) is 0 Å². The zero-order chi connectivity index (χ0) is 16.4. The summed E-state index contributed by atoms with van der Waals surface area (Å²) in [6, 6.07) is 3.19. The fourth-order valence-electron chi connectivity index (χ4n) is 2.49. The summed E-state index contributed by atoms with van der Waals surface area (Å²) >= 11 is 0. The van der Waals surface area contributed by atoms with E-state index in [0.29, 0.717) is 13.1 Å². The number of amides is 1. The average molecular weight is 308 g/mol. The van der Waals surface area contributed by atoms with E-state index >= 15 is 0 Å². The van der Waals surface area contributed by atoms with Crippen molar-refractivity contribution in [2.75, 3.05) is 13.1 Å². The number of hydrogen-bond acceptors (Lipinski definition) is 5. The van der Waals surface area contributed by atoms with Crippen molar-refractivity contribution in [2.24, 2.45) is 0 Å². The van der Waals surface area contributed by atoms with Gasteiger partial charge < -0.3 is 14.7 Å². The fraction of sp³-hybridized carbons (Fsp3) is 0.429. The van der Waals surface area contributed by atoms with Crippen LogP contribution in [0.5, 0.6) is 0 Å². The number of ether oxygens (including phenoxy) is 1. The van der Waals surface area contributed by atoms with Crippen LogP contribution < -0.4 is 0 Å². The van der Waals surface area contributed by atoms with Crippen molar-refractivity contribution in [1.82, 2.24) is 4.90 Å². The zero-order valence-corrected chi connectivity index (χ0v) is 12.2. The largest absolute Gasteiger partial charge is 0.478 e. The van der Waals surface area contributed by atoms with Gasteiger partial charge in [0, 0.05) is 30.8 Å². The van der Waals surface area contributed by atoms with E-state index in [0.717, 1.165) is 18.2 Å². The molecule has 1 amide bonds. The Morgan fingerprint density at radius 3 is 2.27 bits per heavy atom. The molecule has 1 aromatic carbocycles. The van der Waals surface area contributed by atoms with Crippen LogP contribution in [0, 0.1) is 10.1 Å². The second-order valence-electron chi connectivity index (χ2n) is 5.30. The number of carbonyl (C=O) groups excluding carboxylic acids is 1. The van der Waals surface area contributed by atoms with Crippen molar-refractivity contribution in [3.05, 3.63) is 39.4 Å². The van der Waals surface area contributed by atoms with Gasteiger partial charge in [-0.3, -0.25) is 14.9 Å². The molecule has 2 unspecified atom stereocenters. The Labute approximate surface area is 126 Å². The molecular formula is C14H16N2O6. The van der Waals surface area contributed by atoms with E-state index in [9.17, 15) is 19.7 Å². The van der Waals surface area contributed by atoms with Gasteiger partial charge in [0.25, 0.3) is 11.6 Å². The Kier molecular flexibility index (Phi) is 4.41. The Balaban J connectivity index is 2.36. The van der Waals surface area contributed by atoms with Crippen LogP contribution in [-0.2, 0) is 4.74 Å². The molecule has 2 atom stereocenters. The third-order valence-electron chi connectivity index (χ3n) is 3.33. The van der Waals surface area contributed by atoms with Crippen LogP contribution in [-0.4, -0.2) is 52.1 Å². The molecule has 2 rings (SSSR count). The number of nitro benzene ring substituents is 1. The number of nitro groups is 1. The van der Waals surface area contributed by atoms with Crippen LogP contribution in [0.2, 0.25) is 0 Å². The van der Waals surface area contributed by atoms with Crippen molar-refractivity contribution in [3.63, 3.8) is 0 Å². The molecule has 1 N–H and O–H groups in total. The molecular weight excluding hydrogens is 292 g/mol. The van der Waals surface area contributed by atoms with E-state index in [1.807, 2.05) is 13.8 Å². The molecule has 0 radical (unpaired) electrons. The van der Waals surface area contributed by atoms with E-state index < -0.39 is 22.5 Å². The molecule has 8 nitrogen and oxygen atoms in total. The highest BCUT2D eigenvalue weighted by molar-refractivity contribution is 5.98. The molecule has 1 fully saturated rings. The van der Waals surface area contributed by atoms with Gasteiger partial charge in [-0.1, -0.05) is 0 Å². The predicted octanol–water partition coefficient (Wildman–Crippen LogP) is 1.54. The molecule has 0 aromatic heterocycles. The van der Waals surface area contributed by atoms with Gasteiger partial charge in [-0.25, -0.2) is 4.79 Å². The number of nitrogens with zero attached hydrogens (tertiary/aromatic N) is 2. The highest BCUT2D eigenvalue weighted by atomic mass is 16.6. The number of carboxylic acid groups (broad SMARTS) is 1. The second kappa shape index (κ2) is 6.10. The Bertz CT molecular complexity index is 588. The van der Waals surface area contributed by atoms with Gasteiger partial charge in [0.15, 0.2) is 0 Å². The molecule has 1 heterocycles. The molecule has 0 aliphatic carbocycles. The minimum absolute atomic E-state index is 0.00657. The van der Waals surface area contributed by atoms with Gasteiger partial charge in [-0.05, 0) is 19.9 Å². The Morgan fingerprint density at radius 1 is 1.23 bits per heavy atom. The number of rotatable bonds is 3. The van der Waals surface area contributed by atoms with E-state index in [-0.39, 0.29) is 23.3 Å². The number of aromatic carboxylic acids is 1. The molecule has 0 saturated carbocycles. The quantitative estimate of drug-likeness (QED) is 0.670. The summed E-state index contributed by atoms with van der Waals surface area (Å²) in [5.74, 6) is -1.75. The first-order chi connectivity index (χ1) is 10.3. The molecule has 118 valence electrons. The van der Waals surface area contributed by atoms with Gasteiger partial charge in [0.05, 0.1) is 22.7 Å². The van der Waals surface area contributed by atoms with Crippen molar-refractivity contribution >= 4 is 17.6 Å². The second-order valence-corrected chi connectivity index (χ2v) is 5.30. The molecule has 1 saturated heterocycles.